The molecular weight excluding hydrogens is 266 g/mol. The number of aromatic carboxylic acids is 1. The van der Waals surface area contributed by atoms with Crippen LogP contribution in [0.2, 0.25) is 0 Å². The molecule has 0 aliphatic carbocycles. The molecule has 1 N–H and O–H groups in total. The molecule has 0 spiro atoms. The minimum Gasteiger partial charge on any atom is -0.478 e. The highest BCUT2D eigenvalue weighted by molar-refractivity contribution is 7.91. The van der Waals surface area contributed by atoms with Crippen LogP contribution in [0, 0.1) is 0 Å². The molecule has 100 valence electrons. The van der Waals surface area contributed by atoms with Gasteiger partial charge in [0.25, 0.3) is 6.43 Å². The van der Waals surface area contributed by atoms with Crippen LogP contribution >= 0.6 is 0 Å². The highest BCUT2D eigenvalue weighted by atomic mass is 32.2. The molecule has 0 heterocycles. The molecule has 0 radical (unpaired) electrons. The maximum atomic E-state index is 12.1. The Morgan fingerprint density at radius 3 is 2.44 bits per heavy atom. The monoisotopic (exact) mass is 278 g/mol. The molecule has 0 saturated carbocycles. The number of hydrogen-bond acceptors (Lipinski definition) is 3. The Morgan fingerprint density at radius 2 is 2.00 bits per heavy atom. The molecule has 1 aromatic rings. The summed E-state index contributed by atoms with van der Waals surface area (Å²) >= 11 is 0. The number of benzene rings is 1. The average Bonchev–Trinajstić information content (AvgIpc) is 2.26. The maximum absolute atomic E-state index is 12.1. The molecular formula is C11H12F2O4S. The van der Waals surface area contributed by atoms with Gasteiger partial charge in [-0.2, -0.15) is 0 Å². The van der Waals surface area contributed by atoms with Gasteiger partial charge in [-0.05, 0) is 24.1 Å². The number of carbonyl (C=O) groups is 1. The summed E-state index contributed by atoms with van der Waals surface area (Å²) in [5.41, 5.74) is 0.284. The summed E-state index contributed by atoms with van der Waals surface area (Å²) in [5.74, 6) is -2.58. The number of hydrogen-bond donors (Lipinski definition) is 1. The molecule has 0 bridgehead atoms. The van der Waals surface area contributed by atoms with Gasteiger partial charge in [0, 0.05) is 0 Å². The van der Waals surface area contributed by atoms with Crippen LogP contribution in [0.4, 0.5) is 8.78 Å². The fraction of sp³-hybridized carbons (Fsp3) is 0.364. The first-order chi connectivity index (χ1) is 8.27. The fourth-order valence-corrected chi connectivity index (χ4v) is 2.62. The Labute approximate surface area is 103 Å². The zero-order chi connectivity index (χ0) is 13.9. The van der Waals surface area contributed by atoms with Gasteiger partial charge >= 0.3 is 5.97 Å². The maximum Gasteiger partial charge on any atom is 0.336 e. The number of aryl methyl sites for hydroxylation is 1. The molecule has 1 aromatic carbocycles. The first-order valence-electron chi connectivity index (χ1n) is 5.15. The predicted molar refractivity (Wildman–Crippen MR) is 60.8 cm³/mol. The second kappa shape index (κ2) is 5.43. The number of carboxylic acid groups (broad SMARTS) is 1. The van der Waals surface area contributed by atoms with Gasteiger partial charge in [0.05, 0.1) is 10.5 Å². The summed E-state index contributed by atoms with van der Waals surface area (Å²) in [4.78, 5) is 10.5. The van der Waals surface area contributed by atoms with Crippen LogP contribution in [-0.2, 0) is 16.3 Å². The summed E-state index contributed by atoms with van der Waals surface area (Å²) < 4.78 is 47.3. The van der Waals surface area contributed by atoms with E-state index in [9.17, 15) is 22.0 Å². The lowest BCUT2D eigenvalue weighted by molar-refractivity contribution is 0.0695. The van der Waals surface area contributed by atoms with E-state index in [1.807, 2.05) is 0 Å². The molecule has 0 amide bonds. The van der Waals surface area contributed by atoms with Crippen molar-refractivity contribution < 1.29 is 27.1 Å². The highest BCUT2D eigenvalue weighted by Crippen LogP contribution is 2.19. The first-order valence-corrected chi connectivity index (χ1v) is 6.80. The third-order valence-electron chi connectivity index (χ3n) is 2.40. The van der Waals surface area contributed by atoms with Crippen LogP contribution in [0.15, 0.2) is 23.1 Å². The largest absolute Gasteiger partial charge is 0.478 e. The lowest BCUT2D eigenvalue weighted by atomic mass is 10.1. The SMILES string of the molecule is CCc1ccc(S(=O)(=O)CC(F)F)cc1C(=O)O. The average molecular weight is 278 g/mol. The minimum absolute atomic E-state index is 0.173. The number of alkyl halides is 2. The van der Waals surface area contributed by atoms with E-state index in [2.05, 4.69) is 0 Å². The number of halogens is 2. The third kappa shape index (κ3) is 3.25. The molecule has 0 aliphatic rings. The minimum atomic E-state index is -4.15. The second-order valence-corrected chi connectivity index (χ2v) is 5.68. The first kappa shape index (κ1) is 14.6. The molecule has 0 atom stereocenters. The van der Waals surface area contributed by atoms with Gasteiger partial charge in [-0.3, -0.25) is 0 Å². The van der Waals surface area contributed by atoms with E-state index in [4.69, 9.17) is 5.11 Å². The topological polar surface area (TPSA) is 71.4 Å². The third-order valence-corrected chi connectivity index (χ3v) is 4.06. The molecule has 1 rings (SSSR count). The summed E-state index contributed by atoms with van der Waals surface area (Å²) in [6, 6.07) is 3.42. The molecule has 18 heavy (non-hydrogen) atoms. The van der Waals surface area contributed by atoms with Crippen molar-refractivity contribution in [2.24, 2.45) is 0 Å². The van der Waals surface area contributed by atoms with Crippen LogP contribution in [0.25, 0.3) is 0 Å². The van der Waals surface area contributed by atoms with Crippen LogP contribution < -0.4 is 0 Å². The van der Waals surface area contributed by atoms with E-state index in [1.165, 1.54) is 6.07 Å². The number of sulfone groups is 1. The number of carboxylic acids is 1. The van der Waals surface area contributed by atoms with Gasteiger partial charge in [-0.25, -0.2) is 22.0 Å². The van der Waals surface area contributed by atoms with Crippen molar-refractivity contribution in [2.75, 3.05) is 5.75 Å². The smallest absolute Gasteiger partial charge is 0.336 e. The van der Waals surface area contributed by atoms with Gasteiger partial charge in [-0.15, -0.1) is 0 Å². The van der Waals surface area contributed by atoms with E-state index in [1.54, 1.807) is 6.92 Å². The molecule has 0 aliphatic heterocycles. The van der Waals surface area contributed by atoms with Gasteiger partial charge in [0.1, 0.15) is 5.75 Å². The van der Waals surface area contributed by atoms with E-state index in [0.717, 1.165) is 12.1 Å². The highest BCUT2D eigenvalue weighted by Gasteiger charge is 2.22. The molecule has 0 fully saturated rings. The summed E-state index contributed by atoms with van der Waals surface area (Å²) in [6.45, 7) is 1.72. The van der Waals surface area contributed by atoms with Crippen molar-refractivity contribution in [2.45, 2.75) is 24.7 Å². The Morgan fingerprint density at radius 1 is 1.39 bits per heavy atom. The number of rotatable bonds is 5. The van der Waals surface area contributed by atoms with Crippen molar-refractivity contribution in [1.29, 1.82) is 0 Å². The van der Waals surface area contributed by atoms with Gasteiger partial charge in [0.2, 0.25) is 0 Å². The lowest BCUT2D eigenvalue weighted by Crippen LogP contribution is -2.15. The summed E-state index contributed by atoms with van der Waals surface area (Å²) in [5, 5.41) is 8.93. The summed E-state index contributed by atoms with van der Waals surface area (Å²) in [6.07, 6.45) is -2.58. The zero-order valence-corrected chi connectivity index (χ0v) is 10.4. The molecule has 0 aromatic heterocycles. The molecule has 0 saturated heterocycles. The fourth-order valence-electron chi connectivity index (χ4n) is 1.52. The Bertz CT molecular complexity index is 552. The Kier molecular flexibility index (Phi) is 4.39. The van der Waals surface area contributed by atoms with E-state index < -0.39 is 32.9 Å². The van der Waals surface area contributed by atoms with E-state index >= 15 is 0 Å². The summed E-state index contributed by atoms with van der Waals surface area (Å²) in [7, 11) is -4.15. The zero-order valence-electron chi connectivity index (χ0n) is 9.56. The Hall–Kier alpha value is -1.50. The van der Waals surface area contributed by atoms with E-state index in [-0.39, 0.29) is 5.56 Å². The normalized spacial score (nSPS) is 11.8. The van der Waals surface area contributed by atoms with Crippen molar-refractivity contribution in [3.63, 3.8) is 0 Å². The molecule has 4 nitrogen and oxygen atoms in total. The van der Waals surface area contributed by atoms with Crippen LogP contribution in [0.3, 0.4) is 0 Å². The second-order valence-electron chi connectivity index (χ2n) is 3.65. The van der Waals surface area contributed by atoms with Crippen LogP contribution in [-0.4, -0.2) is 31.7 Å². The van der Waals surface area contributed by atoms with Crippen molar-refractivity contribution >= 4 is 15.8 Å². The van der Waals surface area contributed by atoms with Crippen molar-refractivity contribution in [3.05, 3.63) is 29.3 Å². The quantitative estimate of drug-likeness (QED) is 0.894. The predicted octanol–water partition coefficient (Wildman–Crippen LogP) is 1.99. The molecule has 0 unspecified atom stereocenters. The van der Waals surface area contributed by atoms with E-state index in [0.29, 0.717) is 12.0 Å². The molecule has 7 heteroatoms. The lowest BCUT2D eigenvalue weighted by Gasteiger charge is -2.08. The Balaban J connectivity index is 3.28. The van der Waals surface area contributed by atoms with Gasteiger partial charge < -0.3 is 5.11 Å². The van der Waals surface area contributed by atoms with Crippen molar-refractivity contribution in [3.8, 4) is 0 Å². The van der Waals surface area contributed by atoms with Gasteiger partial charge in [-0.1, -0.05) is 13.0 Å². The van der Waals surface area contributed by atoms with Gasteiger partial charge in [0.15, 0.2) is 9.84 Å². The standard InChI is InChI=1S/C11H12F2O4S/c1-2-7-3-4-8(5-9(7)11(14)15)18(16,17)6-10(12)13/h3-5,10H,2,6H2,1H3,(H,14,15). The van der Waals surface area contributed by atoms with Crippen LogP contribution in [0.5, 0.6) is 0 Å². The van der Waals surface area contributed by atoms with Crippen LogP contribution in [0.1, 0.15) is 22.8 Å². The van der Waals surface area contributed by atoms with Crippen molar-refractivity contribution in [1.82, 2.24) is 0 Å².